The summed E-state index contributed by atoms with van der Waals surface area (Å²) in [6, 6.07) is 18.4. The maximum Gasteiger partial charge on any atom is 0.314 e. The van der Waals surface area contributed by atoms with E-state index in [1.807, 2.05) is 36.4 Å². The first-order chi connectivity index (χ1) is 20.1. The van der Waals surface area contributed by atoms with Gasteiger partial charge in [0.1, 0.15) is 30.1 Å². The minimum Gasteiger partial charge on any atom is -0.489 e. The van der Waals surface area contributed by atoms with E-state index in [1.54, 1.807) is 0 Å². The van der Waals surface area contributed by atoms with Crippen LogP contribution in [0.2, 0.25) is 0 Å². The van der Waals surface area contributed by atoms with Gasteiger partial charge in [-0.2, -0.15) is 0 Å². The Hall–Kier alpha value is -4.15. The van der Waals surface area contributed by atoms with Gasteiger partial charge in [0, 0.05) is 50.5 Å². The summed E-state index contributed by atoms with van der Waals surface area (Å²) in [5, 5.41) is 6.87. The molecule has 10 heteroatoms. The lowest BCUT2D eigenvalue weighted by Gasteiger charge is -2.36. The Morgan fingerprint density at radius 1 is 1.05 bits per heavy atom. The molecule has 2 fully saturated rings. The molecule has 2 aromatic heterocycles. The Labute approximate surface area is 239 Å². The Kier molecular flexibility index (Phi) is 8.29. The lowest BCUT2D eigenvalue weighted by atomic mass is 9.80. The van der Waals surface area contributed by atoms with E-state index < -0.39 is 0 Å². The van der Waals surface area contributed by atoms with Gasteiger partial charge >= 0.3 is 6.03 Å². The molecule has 0 spiro atoms. The van der Waals surface area contributed by atoms with E-state index in [2.05, 4.69) is 54.5 Å². The van der Waals surface area contributed by atoms with Crippen molar-refractivity contribution in [2.75, 3.05) is 51.7 Å². The molecule has 6 rings (SSSR count). The molecule has 4 N–H and O–H groups in total. The first kappa shape index (κ1) is 27.0. The van der Waals surface area contributed by atoms with Crippen LogP contribution >= 0.6 is 0 Å². The van der Waals surface area contributed by atoms with Crippen LogP contribution in [-0.2, 0) is 11.3 Å². The molecule has 10 nitrogen and oxygen atoms in total. The minimum atomic E-state index is -0.106. The number of morpholine rings is 1. The van der Waals surface area contributed by atoms with Gasteiger partial charge in [-0.15, -0.1) is 0 Å². The Morgan fingerprint density at radius 2 is 1.88 bits per heavy atom. The third-order valence-electron chi connectivity index (χ3n) is 8.00. The molecule has 2 aromatic carbocycles. The summed E-state index contributed by atoms with van der Waals surface area (Å²) in [6.07, 6.45) is 5.58. The van der Waals surface area contributed by atoms with E-state index in [-0.39, 0.29) is 12.1 Å². The minimum absolute atomic E-state index is 0.106. The summed E-state index contributed by atoms with van der Waals surface area (Å²) >= 11 is 0. The smallest absolute Gasteiger partial charge is 0.314 e. The van der Waals surface area contributed by atoms with Gasteiger partial charge in [0.2, 0.25) is 0 Å². The zero-order chi connectivity index (χ0) is 28.0. The normalized spacial score (nSPS) is 19.0. The van der Waals surface area contributed by atoms with Gasteiger partial charge in [0.05, 0.1) is 18.6 Å². The summed E-state index contributed by atoms with van der Waals surface area (Å²) in [6.45, 7) is 6.02. The molecule has 1 aliphatic heterocycles. The molecule has 0 radical (unpaired) electrons. The van der Waals surface area contributed by atoms with E-state index in [4.69, 9.17) is 15.2 Å². The van der Waals surface area contributed by atoms with Gasteiger partial charge < -0.3 is 30.4 Å². The quantitative estimate of drug-likeness (QED) is 0.272. The van der Waals surface area contributed by atoms with Crippen LogP contribution in [0.1, 0.15) is 24.4 Å². The number of amides is 2. The number of nitrogens with one attached hydrogen (secondary N) is 2. The van der Waals surface area contributed by atoms with E-state index in [9.17, 15) is 4.79 Å². The largest absolute Gasteiger partial charge is 0.489 e. The number of fused-ring (bicyclic) bond motifs is 1. The number of carbonyl (C=O) groups excluding carboxylic acids is 1. The van der Waals surface area contributed by atoms with Gasteiger partial charge in [0.25, 0.3) is 0 Å². The second-order valence-corrected chi connectivity index (χ2v) is 10.8. The standard InChI is InChI=1S/C31H37N7O3/c32-29-28-27(24-7-4-8-26(17-24)41-20-22-5-2-1-3-6-22)19-38(30(28)36-21-35-29)25-15-23(16-25)18-34-31(39)33-9-10-37-11-13-40-14-12-37/h1-8,17,19,21,23,25H,9-16,18,20H2,(H2,32,35,36)(H2,33,34,39)/t23-,25+. The van der Waals surface area contributed by atoms with Crippen LogP contribution in [0.5, 0.6) is 5.75 Å². The monoisotopic (exact) mass is 555 g/mol. The molecule has 41 heavy (non-hydrogen) atoms. The second kappa shape index (κ2) is 12.6. The van der Waals surface area contributed by atoms with Crippen molar-refractivity contribution in [1.29, 1.82) is 0 Å². The topological polar surface area (TPSA) is 120 Å². The van der Waals surface area contributed by atoms with E-state index in [1.165, 1.54) is 6.33 Å². The fourth-order valence-electron chi connectivity index (χ4n) is 5.65. The highest BCUT2D eigenvalue weighted by molar-refractivity contribution is 6.00. The number of hydrogen-bond acceptors (Lipinski definition) is 7. The van der Waals surface area contributed by atoms with Crippen molar-refractivity contribution in [2.24, 2.45) is 5.92 Å². The average molecular weight is 556 g/mol. The third kappa shape index (κ3) is 6.44. The molecule has 0 atom stereocenters. The molecule has 3 heterocycles. The molecule has 2 amide bonds. The molecule has 0 unspecified atom stereocenters. The fraction of sp³-hybridized carbons (Fsp3) is 0.387. The first-order valence-electron chi connectivity index (χ1n) is 14.3. The average Bonchev–Trinajstić information content (AvgIpc) is 3.37. The number of anilines is 1. The number of ether oxygens (including phenoxy) is 2. The molecular formula is C31H37N7O3. The number of nitrogens with two attached hydrogens (primary N) is 1. The van der Waals surface area contributed by atoms with Crippen molar-refractivity contribution in [3.05, 3.63) is 72.7 Å². The second-order valence-electron chi connectivity index (χ2n) is 10.8. The van der Waals surface area contributed by atoms with Crippen LogP contribution in [0, 0.1) is 5.92 Å². The number of rotatable bonds is 10. The van der Waals surface area contributed by atoms with Crippen LogP contribution in [-0.4, -0.2) is 71.4 Å². The summed E-state index contributed by atoms with van der Waals surface area (Å²) in [7, 11) is 0. The molecule has 0 bridgehead atoms. The number of benzene rings is 2. The van der Waals surface area contributed by atoms with Gasteiger partial charge in [-0.05, 0) is 42.0 Å². The lowest BCUT2D eigenvalue weighted by Crippen LogP contribution is -2.45. The van der Waals surface area contributed by atoms with Crippen molar-refractivity contribution in [3.63, 3.8) is 0 Å². The predicted octanol–water partition coefficient (Wildman–Crippen LogP) is 3.84. The summed E-state index contributed by atoms with van der Waals surface area (Å²) in [5.41, 5.74) is 10.3. The van der Waals surface area contributed by atoms with Crippen molar-refractivity contribution >= 4 is 22.9 Å². The van der Waals surface area contributed by atoms with Crippen LogP contribution in [0.15, 0.2) is 67.1 Å². The van der Waals surface area contributed by atoms with Crippen LogP contribution in [0.25, 0.3) is 22.2 Å². The Bertz CT molecular complexity index is 1460. The van der Waals surface area contributed by atoms with Crippen LogP contribution < -0.4 is 21.1 Å². The molecular weight excluding hydrogens is 518 g/mol. The molecule has 1 saturated carbocycles. The highest BCUT2D eigenvalue weighted by atomic mass is 16.5. The van der Waals surface area contributed by atoms with Crippen LogP contribution in [0.4, 0.5) is 10.6 Å². The zero-order valence-corrected chi connectivity index (χ0v) is 23.2. The van der Waals surface area contributed by atoms with Crippen molar-refractivity contribution < 1.29 is 14.3 Å². The summed E-state index contributed by atoms with van der Waals surface area (Å²) in [4.78, 5) is 23.5. The van der Waals surface area contributed by atoms with E-state index in [0.717, 1.165) is 79.2 Å². The number of urea groups is 1. The van der Waals surface area contributed by atoms with Crippen molar-refractivity contribution in [1.82, 2.24) is 30.1 Å². The van der Waals surface area contributed by atoms with Crippen molar-refractivity contribution in [3.8, 4) is 16.9 Å². The number of carbonyl (C=O) groups is 1. The van der Waals surface area contributed by atoms with E-state index >= 15 is 0 Å². The van der Waals surface area contributed by atoms with Crippen molar-refractivity contribution in [2.45, 2.75) is 25.5 Å². The molecule has 2 aliphatic rings. The van der Waals surface area contributed by atoms with Gasteiger partial charge in [0.15, 0.2) is 0 Å². The highest BCUT2D eigenvalue weighted by Gasteiger charge is 2.32. The molecule has 4 aromatic rings. The number of aromatic nitrogens is 3. The molecule has 1 aliphatic carbocycles. The Morgan fingerprint density at radius 3 is 2.71 bits per heavy atom. The highest BCUT2D eigenvalue weighted by Crippen LogP contribution is 2.43. The molecule has 1 saturated heterocycles. The molecule has 214 valence electrons. The maximum atomic E-state index is 12.3. The van der Waals surface area contributed by atoms with E-state index in [0.29, 0.717) is 31.4 Å². The number of nitrogens with zero attached hydrogens (tertiary/aromatic N) is 4. The lowest BCUT2D eigenvalue weighted by molar-refractivity contribution is 0.0387. The Balaban J connectivity index is 1.07. The van der Waals surface area contributed by atoms with Gasteiger partial charge in [-0.25, -0.2) is 14.8 Å². The number of nitrogen functional groups attached to an aromatic ring is 1. The zero-order valence-electron chi connectivity index (χ0n) is 23.2. The summed E-state index contributed by atoms with van der Waals surface area (Å²) in [5.74, 6) is 1.67. The van der Waals surface area contributed by atoms with Crippen LogP contribution in [0.3, 0.4) is 0 Å². The fourth-order valence-corrected chi connectivity index (χ4v) is 5.65. The third-order valence-corrected chi connectivity index (χ3v) is 8.00. The maximum absolute atomic E-state index is 12.3. The first-order valence-corrected chi connectivity index (χ1v) is 14.3. The number of hydrogen-bond donors (Lipinski definition) is 3. The SMILES string of the molecule is Nc1ncnc2c1c(-c1cccc(OCc3ccccc3)c1)cn2[C@H]1C[C@@H](CNC(=O)NCCN2CCOCC2)C1. The van der Waals surface area contributed by atoms with Gasteiger partial charge in [-0.1, -0.05) is 42.5 Å². The summed E-state index contributed by atoms with van der Waals surface area (Å²) < 4.78 is 13.7. The predicted molar refractivity (Wildman–Crippen MR) is 159 cm³/mol. The van der Waals surface area contributed by atoms with Gasteiger partial charge in [-0.3, -0.25) is 4.90 Å².